The number of benzene rings is 1. The van der Waals surface area contributed by atoms with Crippen LogP contribution in [0.5, 0.6) is 0 Å². The molecule has 2 aliphatic rings. The quantitative estimate of drug-likeness (QED) is 0.524. The van der Waals surface area contributed by atoms with Crippen LogP contribution >= 0.6 is 23.2 Å². The van der Waals surface area contributed by atoms with Crippen molar-refractivity contribution in [3.8, 4) is 0 Å². The molecule has 0 unspecified atom stereocenters. The van der Waals surface area contributed by atoms with E-state index in [9.17, 15) is 14.4 Å². The van der Waals surface area contributed by atoms with E-state index >= 15 is 0 Å². The first-order chi connectivity index (χ1) is 12.4. The predicted molar refractivity (Wildman–Crippen MR) is 99.5 cm³/mol. The number of hydrogen-bond donors (Lipinski definition) is 3. The van der Waals surface area contributed by atoms with Gasteiger partial charge in [-0.05, 0) is 37.5 Å². The van der Waals surface area contributed by atoms with Gasteiger partial charge in [-0.1, -0.05) is 36.0 Å². The first-order valence-electron chi connectivity index (χ1n) is 8.55. The molecule has 1 spiro atoms. The highest BCUT2D eigenvalue weighted by Crippen LogP contribution is 2.35. The molecule has 2 fully saturated rings. The molecule has 140 valence electrons. The van der Waals surface area contributed by atoms with Crippen molar-refractivity contribution in [2.75, 3.05) is 18.4 Å². The van der Waals surface area contributed by atoms with Crippen LogP contribution < -0.4 is 16.0 Å². The largest absolute Gasteiger partial charge is 0.338 e. The molecule has 7 nitrogen and oxygen atoms in total. The van der Waals surface area contributed by atoms with E-state index in [-0.39, 0.29) is 18.5 Å². The summed E-state index contributed by atoms with van der Waals surface area (Å²) < 4.78 is 0. The Morgan fingerprint density at radius 3 is 2.46 bits per heavy atom. The molecule has 0 aromatic heterocycles. The molecule has 5 amide bonds. The van der Waals surface area contributed by atoms with E-state index < -0.39 is 11.6 Å². The first kappa shape index (κ1) is 18.8. The van der Waals surface area contributed by atoms with Crippen molar-refractivity contribution in [3.05, 3.63) is 28.2 Å². The Labute approximate surface area is 161 Å². The molecule has 0 radical (unpaired) electrons. The zero-order valence-electron chi connectivity index (χ0n) is 14.1. The summed E-state index contributed by atoms with van der Waals surface area (Å²) in [5.41, 5.74) is -0.203. The Morgan fingerprint density at radius 1 is 1.15 bits per heavy atom. The molecule has 1 aromatic rings. The van der Waals surface area contributed by atoms with Gasteiger partial charge in [0.25, 0.3) is 5.91 Å². The Hall–Kier alpha value is -1.99. The molecule has 3 N–H and O–H groups in total. The number of nitrogens with one attached hydrogen (secondary N) is 3. The molecule has 3 rings (SSSR count). The summed E-state index contributed by atoms with van der Waals surface area (Å²) in [7, 11) is 0. The molecule has 0 bridgehead atoms. The van der Waals surface area contributed by atoms with Gasteiger partial charge in [-0.25, -0.2) is 9.59 Å². The topological polar surface area (TPSA) is 90.5 Å². The summed E-state index contributed by atoms with van der Waals surface area (Å²) in [5.74, 6) is -0.141. The van der Waals surface area contributed by atoms with Crippen LogP contribution in [0.3, 0.4) is 0 Å². The number of imide groups is 1. The van der Waals surface area contributed by atoms with E-state index in [1.807, 2.05) is 0 Å². The lowest BCUT2D eigenvalue weighted by Gasteiger charge is -2.20. The highest BCUT2D eigenvalue weighted by Gasteiger charge is 2.51. The van der Waals surface area contributed by atoms with Gasteiger partial charge in [-0.2, -0.15) is 0 Å². The summed E-state index contributed by atoms with van der Waals surface area (Å²) in [5, 5.41) is 8.99. The second-order valence-electron chi connectivity index (χ2n) is 6.57. The van der Waals surface area contributed by atoms with Crippen LogP contribution in [0, 0.1) is 0 Å². The number of anilines is 1. The fraction of sp³-hybridized carbons (Fsp3) is 0.471. The maximum Gasteiger partial charge on any atom is 0.325 e. The van der Waals surface area contributed by atoms with E-state index in [0.29, 0.717) is 41.5 Å². The summed E-state index contributed by atoms with van der Waals surface area (Å²) in [6, 6.07) is 3.99. The zero-order valence-corrected chi connectivity index (χ0v) is 15.6. The van der Waals surface area contributed by atoms with Crippen molar-refractivity contribution in [3.63, 3.8) is 0 Å². The van der Waals surface area contributed by atoms with Gasteiger partial charge in [0, 0.05) is 28.8 Å². The van der Waals surface area contributed by atoms with Gasteiger partial charge in [0.2, 0.25) is 0 Å². The number of nitrogens with zero attached hydrogens (tertiary/aromatic N) is 1. The van der Waals surface area contributed by atoms with Crippen LogP contribution in [0.15, 0.2) is 18.2 Å². The molecule has 1 saturated carbocycles. The Morgan fingerprint density at radius 2 is 1.81 bits per heavy atom. The third-order valence-corrected chi connectivity index (χ3v) is 5.10. The van der Waals surface area contributed by atoms with Crippen LogP contribution in [-0.4, -0.2) is 41.5 Å². The van der Waals surface area contributed by atoms with Gasteiger partial charge >= 0.3 is 12.1 Å². The van der Waals surface area contributed by atoms with Gasteiger partial charge in [-0.15, -0.1) is 0 Å². The zero-order chi connectivity index (χ0) is 18.7. The van der Waals surface area contributed by atoms with E-state index in [4.69, 9.17) is 23.2 Å². The highest BCUT2D eigenvalue weighted by atomic mass is 35.5. The van der Waals surface area contributed by atoms with Gasteiger partial charge < -0.3 is 16.0 Å². The number of rotatable bonds is 5. The minimum atomic E-state index is -0.687. The Balaban J connectivity index is 1.43. The molecular weight excluding hydrogens is 379 g/mol. The second-order valence-corrected chi connectivity index (χ2v) is 7.44. The number of hydrogen-bond acceptors (Lipinski definition) is 3. The van der Waals surface area contributed by atoms with E-state index in [1.54, 1.807) is 18.2 Å². The molecule has 0 atom stereocenters. The van der Waals surface area contributed by atoms with E-state index in [2.05, 4.69) is 16.0 Å². The molecule has 26 heavy (non-hydrogen) atoms. The van der Waals surface area contributed by atoms with Crippen LogP contribution in [0.1, 0.15) is 32.1 Å². The van der Waals surface area contributed by atoms with Crippen molar-refractivity contribution in [1.82, 2.24) is 15.5 Å². The van der Waals surface area contributed by atoms with Crippen LogP contribution in [0.2, 0.25) is 10.0 Å². The maximum absolute atomic E-state index is 12.5. The van der Waals surface area contributed by atoms with Crippen molar-refractivity contribution < 1.29 is 14.4 Å². The minimum absolute atomic E-state index is 0.141. The van der Waals surface area contributed by atoms with Crippen LogP contribution in [0.25, 0.3) is 0 Å². The number of carbonyl (C=O) groups excluding carboxylic acids is 3. The highest BCUT2D eigenvalue weighted by molar-refractivity contribution is 6.35. The molecule has 1 aliphatic carbocycles. The fourth-order valence-electron chi connectivity index (χ4n) is 3.44. The number of amides is 5. The third kappa shape index (κ3) is 4.04. The Bertz CT molecular complexity index is 714. The van der Waals surface area contributed by atoms with Crippen molar-refractivity contribution in [2.24, 2.45) is 0 Å². The van der Waals surface area contributed by atoms with Crippen molar-refractivity contribution >= 4 is 46.9 Å². The SMILES string of the molecule is O=C(NCCCN1C(=O)NC2(CCCC2)C1=O)Nc1cc(Cl)cc(Cl)c1. The smallest absolute Gasteiger partial charge is 0.325 e. The van der Waals surface area contributed by atoms with Gasteiger partial charge in [0.1, 0.15) is 5.54 Å². The monoisotopic (exact) mass is 398 g/mol. The van der Waals surface area contributed by atoms with Gasteiger partial charge in [-0.3, -0.25) is 9.69 Å². The lowest BCUT2D eigenvalue weighted by atomic mass is 9.98. The number of halogens is 2. The van der Waals surface area contributed by atoms with Gasteiger partial charge in [0.15, 0.2) is 0 Å². The van der Waals surface area contributed by atoms with Crippen molar-refractivity contribution in [1.29, 1.82) is 0 Å². The fourth-order valence-corrected chi connectivity index (χ4v) is 3.96. The molecular formula is C17H20Cl2N4O3. The average molecular weight is 399 g/mol. The summed E-state index contributed by atoms with van der Waals surface area (Å²) in [6.45, 7) is 0.597. The van der Waals surface area contributed by atoms with Crippen LogP contribution in [-0.2, 0) is 4.79 Å². The lowest BCUT2D eigenvalue weighted by Crippen LogP contribution is -2.44. The molecule has 1 saturated heterocycles. The second kappa shape index (κ2) is 7.72. The number of urea groups is 2. The summed E-state index contributed by atoms with van der Waals surface area (Å²) in [6.07, 6.45) is 3.79. The van der Waals surface area contributed by atoms with E-state index in [1.165, 1.54) is 4.90 Å². The molecule has 1 aliphatic heterocycles. The summed E-state index contributed by atoms with van der Waals surface area (Å²) in [4.78, 5) is 37.7. The maximum atomic E-state index is 12.5. The van der Waals surface area contributed by atoms with Crippen LogP contribution in [0.4, 0.5) is 15.3 Å². The number of carbonyl (C=O) groups is 3. The van der Waals surface area contributed by atoms with Crippen molar-refractivity contribution in [2.45, 2.75) is 37.6 Å². The first-order valence-corrected chi connectivity index (χ1v) is 9.30. The predicted octanol–water partition coefficient (Wildman–Crippen LogP) is 3.37. The molecule has 9 heteroatoms. The standard InChI is InChI=1S/C17H20Cl2N4O3/c18-11-8-12(19)10-13(9-11)21-15(25)20-6-3-7-23-14(24)17(22-16(23)26)4-1-2-5-17/h8-10H,1-7H2,(H,22,26)(H2,20,21,25). The molecule has 1 aromatic carbocycles. The summed E-state index contributed by atoms with van der Waals surface area (Å²) >= 11 is 11.8. The average Bonchev–Trinajstić information content (AvgIpc) is 3.10. The normalized spacial score (nSPS) is 18.3. The minimum Gasteiger partial charge on any atom is -0.338 e. The molecule has 1 heterocycles. The van der Waals surface area contributed by atoms with Gasteiger partial charge in [0.05, 0.1) is 0 Å². The lowest BCUT2D eigenvalue weighted by molar-refractivity contribution is -0.131. The third-order valence-electron chi connectivity index (χ3n) is 4.67. The van der Waals surface area contributed by atoms with E-state index in [0.717, 1.165) is 12.8 Å². The Kier molecular flexibility index (Phi) is 5.58.